The first-order valence-corrected chi connectivity index (χ1v) is 8.11. The molecule has 0 saturated carbocycles. The van der Waals surface area contributed by atoms with Crippen molar-refractivity contribution in [2.24, 2.45) is 5.10 Å². The zero-order chi connectivity index (χ0) is 18.6. The number of hydrogen-bond acceptors (Lipinski definition) is 4. The molecule has 0 spiro atoms. The van der Waals surface area contributed by atoms with Gasteiger partial charge in [-0.05, 0) is 73.8 Å². The van der Waals surface area contributed by atoms with Crippen LogP contribution in [0.1, 0.15) is 15.9 Å². The van der Waals surface area contributed by atoms with E-state index in [9.17, 15) is 23.1 Å². The van der Waals surface area contributed by atoms with Crippen molar-refractivity contribution in [2.45, 2.75) is 6.36 Å². The van der Waals surface area contributed by atoms with E-state index in [1.165, 1.54) is 18.3 Å². The van der Waals surface area contributed by atoms with Gasteiger partial charge in [0, 0.05) is 5.56 Å². The monoisotopic (exact) mass is 480 g/mol. The van der Waals surface area contributed by atoms with Crippen LogP contribution in [0.4, 0.5) is 13.2 Å². The van der Waals surface area contributed by atoms with Crippen molar-refractivity contribution < 1.29 is 27.8 Å². The number of nitrogens with zero attached hydrogens (tertiary/aromatic N) is 1. The molecule has 10 heteroatoms. The van der Waals surface area contributed by atoms with E-state index in [2.05, 4.69) is 47.1 Å². The number of carbonyl (C=O) groups excluding carboxylic acids is 1. The molecule has 0 aliphatic heterocycles. The van der Waals surface area contributed by atoms with Crippen LogP contribution in [0.5, 0.6) is 11.5 Å². The van der Waals surface area contributed by atoms with Gasteiger partial charge in [0.25, 0.3) is 5.91 Å². The number of nitrogens with one attached hydrogen (secondary N) is 1. The summed E-state index contributed by atoms with van der Waals surface area (Å²) in [6.45, 7) is 0. The number of phenols is 1. The maximum Gasteiger partial charge on any atom is 0.573 e. The second-order valence-electron chi connectivity index (χ2n) is 4.60. The van der Waals surface area contributed by atoms with Gasteiger partial charge in [-0.1, -0.05) is 0 Å². The maximum atomic E-state index is 12.1. The van der Waals surface area contributed by atoms with Gasteiger partial charge in [-0.25, -0.2) is 5.43 Å². The van der Waals surface area contributed by atoms with Crippen LogP contribution in [0.3, 0.4) is 0 Å². The third-order valence-electron chi connectivity index (χ3n) is 2.77. The standard InChI is InChI=1S/C15H9Br2F3N2O3/c16-11-5-8(6-12(17)13(11)23)7-21-22-14(24)9-1-3-10(4-2-9)25-15(18,19)20/h1-7,23H,(H,22,24). The molecule has 0 aliphatic rings. The molecule has 132 valence electrons. The minimum Gasteiger partial charge on any atom is -0.506 e. The number of alkyl halides is 3. The molecule has 0 bridgehead atoms. The van der Waals surface area contributed by atoms with Crippen LogP contribution in [-0.2, 0) is 0 Å². The van der Waals surface area contributed by atoms with Gasteiger partial charge in [0.15, 0.2) is 0 Å². The van der Waals surface area contributed by atoms with Gasteiger partial charge in [-0.3, -0.25) is 4.79 Å². The van der Waals surface area contributed by atoms with E-state index in [1.54, 1.807) is 12.1 Å². The topological polar surface area (TPSA) is 70.9 Å². The fourth-order valence-electron chi connectivity index (χ4n) is 1.70. The van der Waals surface area contributed by atoms with Crippen molar-refractivity contribution in [1.82, 2.24) is 5.43 Å². The molecule has 25 heavy (non-hydrogen) atoms. The lowest BCUT2D eigenvalue weighted by atomic mass is 10.2. The summed E-state index contributed by atoms with van der Waals surface area (Å²) in [7, 11) is 0. The molecule has 1 amide bonds. The number of hydrazone groups is 1. The minimum absolute atomic E-state index is 0.0300. The predicted octanol–water partition coefficient (Wildman–Crippen LogP) is 4.58. The Labute approximate surface area is 156 Å². The summed E-state index contributed by atoms with van der Waals surface area (Å²) in [5, 5.41) is 13.4. The van der Waals surface area contributed by atoms with Crippen LogP contribution in [0.25, 0.3) is 0 Å². The SMILES string of the molecule is O=C(NN=Cc1cc(Br)c(O)c(Br)c1)c1ccc(OC(F)(F)F)cc1. The van der Waals surface area contributed by atoms with Gasteiger partial charge in [-0.2, -0.15) is 5.10 Å². The molecule has 0 saturated heterocycles. The molecule has 0 radical (unpaired) electrons. The molecule has 2 aromatic rings. The largest absolute Gasteiger partial charge is 0.573 e. The minimum atomic E-state index is -4.79. The molecule has 0 aromatic heterocycles. The highest BCUT2D eigenvalue weighted by Crippen LogP contribution is 2.32. The Morgan fingerprint density at radius 1 is 1.16 bits per heavy atom. The zero-order valence-electron chi connectivity index (χ0n) is 12.1. The highest BCUT2D eigenvalue weighted by atomic mass is 79.9. The number of halogens is 5. The summed E-state index contributed by atoms with van der Waals surface area (Å²) in [4.78, 5) is 11.9. The quantitative estimate of drug-likeness (QED) is 0.496. The highest BCUT2D eigenvalue weighted by Gasteiger charge is 2.31. The van der Waals surface area contributed by atoms with Crippen molar-refractivity contribution in [2.75, 3.05) is 0 Å². The van der Waals surface area contributed by atoms with Crippen molar-refractivity contribution in [3.05, 3.63) is 56.5 Å². The number of aromatic hydroxyl groups is 1. The van der Waals surface area contributed by atoms with Crippen LogP contribution in [0.2, 0.25) is 0 Å². The highest BCUT2D eigenvalue weighted by molar-refractivity contribution is 9.11. The molecule has 0 fully saturated rings. The Balaban J connectivity index is 2.00. The molecule has 0 aliphatic carbocycles. The summed E-state index contributed by atoms with van der Waals surface area (Å²) in [5.41, 5.74) is 2.94. The summed E-state index contributed by atoms with van der Waals surface area (Å²) in [6, 6.07) is 7.58. The first-order valence-electron chi connectivity index (χ1n) is 6.53. The Hall–Kier alpha value is -2.07. The van der Waals surface area contributed by atoms with Gasteiger partial charge >= 0.3 is 6.36 Å². The molecule has 0 atom stereocenters. The maximum absolute atomic E-state index is 12.1. The second kappa shape index (κ2) is 7.87. The van der Waals surface area contributed by atoms with Crippen LogP contribution in [-0.4, -0.2) is 23.6 Å². The number of hydrogen-bond donors (Lipinski definition) is 2. The average Bonchev–Trinajstić information content (AvgIpc) is 2.51. The van der Waals surface area contributed by atoms with Gasteiger partial charge in [-0.15, -0.1) is 13.2 Å². The Morgan fingerprint density at radius 3 is 2.24 bits per heavy atom. The number of amides is 1. The number of ether oxygens (including phenoxy) is 1. The van der Waals surface area contributed by atoms with E-state index in [4.69, 9.17) is 0 Å². The summed E-state index contributed by atoms with van der Waals surface area (Å²) >= 11 is 6.32. The van der Waals surface area contributed by atoms with Crippen molar-refractivity contribution in [3.8, 4) is 11.5 Å². The summed E-state index contributed by atoms with van der Waals surface area (Å²) in [6.07, 6.45) is -3.45. The zero-order valence-corrected chi connectivity index (χ0v) is 15.3. The van der Waals surface area contributed by atoms with Crippen LogP contribution < -0.4 is 10.2 Å². The summed E-state index contributed by atoms with van der Waals surface area (Å²) < 4.78 is 40.8. The first kappa shape index (κ1) is 19.3. The van der Waals surface area contributed by atoms with Crippen molar-refractivity contribution in [1.29, 1.82) is 0 Å². The lowest BCUT2D eigenvalue weighted by Gasteiger charge is -2.08. The molecule has 2 N–H and O–H groups in total. The molecule has 0 unspecified atom stereocenters. The molecule has 2 rings (SSSR count). The third-order valence-corrected chi connectivity index (χ3v) is 3.98. The van der Waals surface area contributed by atoms with Crippen LogP contribution in [0, 0.1) is 0 Å². The fraction of sp³-hybridized carbons (Fsp3) is 0.0667. The smallest absolute Gasteiger partial charge is 0.506 e. The third kappa shape index (κ3) is 5.75. The van der Waals surface area contributed by atoms with E-state index in [0.29, 0.717) is 14.5 Å². The van der Waals surface area contributed by atoms with Crippen molar-refractivity contribution in [3.63, 3.8) is 0 Å². The Kier molecular flexibility index (Phi) is 6.07. The van der Waals surface area contributed by atoms with E-state index in [1.807, 2.05) is 0 Å². The molecular weight excluding hydrogens is 473 g/mol. The van der Waals surface area contributed by atoms with Crippen molar-refractivity contribution >= 4 is 44.0 Å². The lowest BCUT2D eigenvalue weighted by molar-refractivity contribution is -0.274. The first-order chi connectivity index (χ1) is 11.7. The molecular formula is C15H9Br2F3N2O3. The lowest BCUT2D eigenvalue weighted by Crippen LogP contribution is -2.19. The van der Waals surface area contributed by atoms with Gasteiger partial charge < -0.3 is 9.84 Å². The fourth-order valence-corrected chi connectivity index (χ4v) is 2.92. The summed E-state index contributed by atoms with van der Waals surface area (Å²) in [5.74, 6) is -1.000. The molecule has 0 heterocycles. The van der Waals surface area contributed by atoms with Gasteiger partial charge in [0.2, 0.25) is 0 Å². The molecule has 5 nitrogen and oxygen atoms in total. The van der Waals surface area contributed by atoms with Gasteiger partial charge in [0.05, 0.1) is 15.2 Å². The number of phenolic OH excluding ortho intramolecular Hbond substituents is 1. The van der Waals surface area contributed by atoms with Gasteiger partial charge in [0.1, 0.15) is 11.5 Å². The predicted molar refractivity (Wildman–Crippen MR) is 91.7 cm³/mol. The second-order valence-corrected chi connectivity index (χ2v) is 6.31. The number of rotatable bonds is 4. The van der Waals surface area contributed by atoms with E-state index >= 15 is 0 Å². The van der Waals surface area contributed by atoms with Crippen LogP contribution >= 0.6 is 31.9 Å². The van der Waals surface area contributed by atoms with E-state index in [-0.39, 0.29) is 11.3 Å². The number of carbonyl (C=O) groups is 1. The van der Waals surface area contributed by atoms with Crippen LogP contribution in [0.15, 0.2) is 50.4 Å². The van der Waals surface area contributed by atoms with E-state index < -0.39 is 18.0 Å². The number of benzene rings is 2. The molecule has 2 aromatic carbocycles. The normalized spacial score (nSPS) is 11.6. The Bertz CT molecular complexity index is 786. The average molecular weight is 482 g/mol. The van der Waals surface area contributed by atoms with E-state index in [0.717, 1.165) is 12.1 Å². The Morgan fingerprint density at radius 2 is 1.72 bits per heavy atom.